The van der Waals surface area contributed by atoms with Gasteiger partial charge in [0.05, 0.1) is 5.56 Å². The van der Waals surface area contributed by atoms with E-state index in [-0.39, 0.29) is 4.47 Å². The summed E-state index contributed by atoms with van der Waals surface area (Å²) in [6.07, 6.45) is 0. The Balaban J connectivity index is 2.72. The maximum atomic E-state index is 14.0. The molecule has 110 valence electrons. The van der Waals surface area contributed by atoms with Gasteiger partial charge < -0.3 is 0 Å². The lowest BCUT2D eigenvalue weighted by molar-refractivity contribution is 0.102. The average Bonchev–Trinajstić information content (AvgIpc) is 2.35. The van der Waals surface area contributed by atoms with Crippen molar-refractivity contribution in [2.24, 2.45) is 0 Å². The molecule has 2 aromatic carbocycles. The highest BCUT2D eigenvalue weighted by molar-refractivity contribution is 9.10. The molecule has 0 bridgehead atoms. The van der Waals surface area contributed by atoms with Gasteiger partial charge >= 0.3 is 0 Å². The minimum atomic E-state index is -0.857. The van der Waals surface area contributed by atoms with E-state index in [1.807, 2.05) is 19.9 Å². The molecule has 0 N–H and O–H groups in total. The molecule has 21 heavy (non-hydrogen) atoms. The number of carbonyl (C=O) groups excluding carboxylic acids is 1. The van der Waals surface area contributed by atoms with Crippen LogP contribution in [0.25, 0.3) is 0 Å². The van der Waals surface area contributed by atoms with Gasteiger partial charge in [-0.3, -0.25) is 4.79 Å². The number of hydrogen-bond acceptors (Lipinski definition) is 1. The maximum absolute atomic E-state index is 14.0. The zero-order chi connectivity index (χ0) is 15.9. The van der Waals surface area contributed by atoms with Gasteiger partial charge in [0.1, 0.15) is 11.6 Å². The van der Waals surface area contributed by atoms with Gasteiger partial charge in [0.25, 0.3) is 0 Å². The molecule has 0 aromatic heterocycles. The normalized spacial score (nSPS) is 10.8. The van der Waals surface area contributed by atoms with Crippen LogP contribution in [0.4, 0.5) is 8.78 Å². The summed E-state index contributed by atoms with van der Waals surface area (Å²) in [7, 11) is 0. The first-order chi connectivity index (χ1) is 9.73. The van der Waals surface area contributed by atoms with Crippen molar-refractivity contribution in [3.63, 3.8) is 0 Å². The van der Waals surface area contributed by atoms with Crippen molar-refractivity contribution < 1.29 is 13.6 Å². The van der Waals surface area contributed by atoms with Crippen molar-refractivity contribution in [3.8, 4) is 0 Å². The lowest BCUT2D eigenvalue weighted by atomic mass is 9.89. The molecule has 0 saturated carbocycles. The van der Waals surface area contributed by atoms with Crippen molar-refractivity contribution in [1.82, 2.24) is 0 Å². The van der Waals surface area contributed by atoms with Crippen LogP contribution in [-0.2, 0) is 0 Å². The van der Waals surface area contributed by atoms with E-state index in [0.717, 1.165) is 34.4 Å². The molecule has 0 amide bonds. The highest BCUT2D eigenvalue weighted by Crippen LogP contribution is 2.27. The molecular formula is C17H15BrF2O. The summed E-state index contributed by atoms with van der Waals surface area (Å²) in [5.41, 5.74) is 3.25. The number of aryl methyl sites for hydroxylation is 2. The Morgan fingerprint density at radius 2 is 1.29 bits per heavy atom. The molecule has 0 atom stereocenters. The van der Waals surface area contributed by atoms with E-state index >= 15 is 0 Å². The predicted octanol–water partition coefficient (Wildman–Crippen LogP) is 5.19. The quantitative estimate of drug-likeness (QED) is 0.679. The van der Waals surface area contributed by atoms with Gasteiger partial charge in [-0.1, -0.05) is 22.0 Å². The van der Waals surface area contributed by atoms with E-state index in [9.17, 15) is 13.6 Å². The highest BCUT2D eigenvalue weighted by atomic mass is 79.9. The fraction of sp³-hybridized carbons (Fsp3) is 0.235. The van der Waals surface area contributed by atoms with Crippen LogP contribution in [0.2, 0.25) is 0 Å². The first-order valence-electron chi connectivity index (χ1n) is 6.50. The molecule has 0 saturated heterocycles. The zero-order valence-corrected chi connectivity index (χ0v) is 13.9. The third-order valence-corrected chi connectivity index (χ3v) is 4.28. The molecule has 0 fully saturated rings. The smallest absolute Gasteiger partial charge is 0.199 e. The van der Waals surface area contributed by atoms with Gasteiger partial charge in [0.15, 0.2) is 5.78 Å². The van der Waals surface area contributed by atoms with Crippen LogP contribution in [0.15, 0.2) is 22.7 Å². The monoisotopic (exact) mass is 352 g/mol. The number of benzene rings is 2. The third kappa shape index (κ3) is 2.77. The van der Waals surface area contributed by atoms with Gasteiger partial charge in [-0.15, -0.1) is 0 Å². The summed E-state index contributed by atoms with van der Waals surface area (Å²) in [6.45, 7) is 7.35. The van der Waals surface area contributed by atoms with Crippen molar-refractivity contribution in [3.05, 3.63) is 67.7 Å². The first kappa shape index (κ1) is 15.8. The molecule has 1 nitrogen and oxygen atoms in total. The lowest BCUT2D eigenvalue weighted by Crippen LogP contribution is -2.12. The largest absolute Gasteiger partial charge is 0.288 e. The van der Waals surface area contributed by atoms with E-state index in [1.54, 1.807) is 13.8 Å². The van der Waals surface area contributed by atoms with Gasteiger partial charge in [0.2, 0.25) is 0 Å². The summed E-state index contributed by atoms with van der Waals surface area (Å²) < 4.78 is 28.3. The second-order valence-electron chi connectivity index (χ2n) is 5.21. The number of halogens is 3. The van der Waals surface area contributed by atoms with Gasteiger partial charge in [-0.25, -0.2) is 8.78 Å². The van der Waals surface area contributed by atoms with Crippen LogP contribution in [0.3, 0.4) is 0 Å². The van der Waals surface area contributed by atoms with E-state index in [0.29, 0.717) is 5.56 Å². The molecule has 0 aliphatic carbocycles. The summed E-state index contributed by atoms with van der Waals surface area (Å²) in [5, 5.41) is 0. The Hall–Kier alpha value is -1.55. The van der Waals surface area contributed by atoms with Crippen molar-refractivity contribution in [2.45, 2.75) is 27.7 Å². The summed E-state index contributed by atoms with van der Waals surface area (Å²) in [6, 6.07) is 4.17. The maximum Gasteiger partial charge on any atom is 0.199 e. The predicted molar refractivity (Wildman–Crippen MR) is 82.9 cm³/mol. The molecule has 2 aromatic rings. The molecule has 0 radical (unpaired) electrons. The second kappa shape index (κ2) is 5.68. The van der Waals surface area contributed by atoms with Crippen molar-refractivity contribution in [2.75, 3.05) is 0 Å². The summed E-state index contributed by atoms with van der Waals surface area (Å²) >= 11 is 3.01. The molecule has 0 unspecified atom stereocenters. The molecule has 0 aliphatic rings. The summed E-state index contributed by atoms with van der Waals surface area (Å²) in [5.74, 6) is -2.33. The SMILES string of the molecule is Cc1cc(C)c(C)c(C(=O)c2c(F)cc(Br)cc2F)c1C. The molecule has 0 spiro atoms. The fourth-order valence-corrected chi connectivity index (χ4v) is 2.84. The minimum Gasteiger partial charge on any atom is -0.288 e. The van der Waals surface area contributed by atoms with Gasteiger partial charge in [-0.05, 0) is 62.1 Å². The molecule has 0 heterocycles. The number of rotatable bonds is 2. The highest BCUT2D eigenvalue weighted by Gasteiger charge is 2.24. The molecule has 2 rings (SSSR count). The zero-order valence-electron chi connectivity index (χ0n) is 12.3. The van der Waals surface area contributed by atoms with Crippen molar-refractivity contribution in [1.29, 1.82) is 0 Å². The Bertz CT molecular complexity index is 702. The van der Waals surface area contributed by atoms with Gasteiger partial charge in [0, 0.05) is 10.0 Å². The Morgan fingerprint density at radius 1 is 0.857 bits per heavy atom. The van der Waals surface area contributed by atoms with Gasteiger partial charge in [-0.2, -0.15) is 0 Å². The standard InChI is InChI=1S/C17H15BrF2O/c1-8-5-9(2)11(4)15(10(8)3)17(21)16-13(19)6-12(18)7-14(16)20/h5-7H,1-4H3. The number of hydrogen-bond donors (Lipinski definition) is 0. The van der Waals surface area contributed by atoms with E-state index in [2.05, 4.69) is 15.9 Å². The van der Waals surface area contributed by atoms with E-state index in [1.165, 1.54) is 0 Å². The minimum absolute atomic E-state index is 0.267. The van der Waals surface area contributed by atoms with Crippen LogP contribution >= 0.6 is 15.9 Å². The summed E-state index contributed by atoms with van der Waals surface area (Å²) in [4.78, 5) is 12.7. The molecule has 0 aliphatic heterocycles. The van der Waals surface area contributed by atoms with Crippen LogP contribution in [0, 0.1) is 39.3 Å². The first-order valence-corrected chi connectivity index (χ1v) is 7.30. The Labute approximate surface area is 131 Å². The molecular weight excluding hydrogens is 338 g/mol. The Kier molecular flexibility index (Phi) is 4.28. The average molecular weight is 353 g/mol. The second-order valence-corrected chi connectivity index (χ2v) is 6.12. The van der Waals surface area contributed by atoms with E-state index in [4.69, 9.17) is 0 Å². The number of ketones is 1. The number of carbonyl (C=O) groups is 1. The third-order valence-electron chi connectivity index (χ3n) is 3.83. The van der Waals surface area contributed by atoms with Crippen LogP contribution in [0.5, 0.6) is 0 Å². The lowest BCUT2D eigenvalue weighted by Gasteiger charge is -2.15. The molecule has 4 heteroatoms. The Morgan fingerprint density at radius 3 is 1.71 bits per heavy atom. The van der Waals surface area contributed by atoms with Crippen molar-refractivity contribution >= 4 is 21.7 Å². The van der Waals surface area contributed by atoms with Crippen LogP contribution < -0.4 is 0 Å². The van der Waals surface area contributed by atoms with E-state index < -0.39 is 23.0 Å². The van der Waals surface area contributed by atoms with Crippen LogP contribution in [0.1, 0.15) is 38.2 Å². The fourth-order valence-electron chi connectivity index (χ4n) is 2.44. The topological polar surface area (TPSA) is 17.1 Å². The van der Waals surface area contributed by atoms with Crippen LogP contribution in [-0.4, -0.2) is 5.78 Å².